The van der Waals surface area contributed by atoms with Crippen molar-refractivity contribution >= 4 is 46.4 Å². The number of rotatable bonds is 6. The fourth-order valence-corrected chi connectivity index (χ4v) is 8.31. The number of aromatic nitrogens is 5. The van der Waals surface area contributed by atoms with Gasteiger partial charge in [0.15, 0.2) is 11.5 Å². The number of piperidine rings is 1. The highest BCUT2D eigenvalue weighted by Crippen LogP contribution is 2.51. The van der Waals surface area contributed by atoms with Gasteiger partial charge in [0.1, 0.15) is 17.9 Å². The lowest BCUT2D eigenvalue weighted by atomic mass is 9.85. The summed E-state index contributed by atoms with van der Waals surface area (Å²) in [5, 5.41) is 16.9. The Morgan fingerprint density at radius 1 is 1.07 bits per heavy atom. The lowest BCUT2D eigenvalue weighted by Gasteiger charge is -2.39. The Morgan fingerprint density at radius 2 is 1.81 bits per heavy atom. The zero-order chi connectivity index (χ0) is 41.5. The summed E-state index contributed by atoms with van der Waals surface area (Å²) in [6.07, 6.45) is -6.81. The van der Waals surface area contributed by atoms with E-state index in [-0.39, 0.29) is 96.9 Å². The first-order valence-electron chi connectivity index (χ1n) is 18.2. The number of halogens is 7. The number of alkyl halides is 6. The van der Waals surface area contributed by atoms with Crippen LogP contribution in [0.4, 0.5) is 32.0 Å². The number of hydrogen-bond donors (Lipinski definition) is 2. The van der Waals surface area contributed by atoms with E-state index >= 15 is 0 Å². The molecule has 0 bridgehead atoms. The van der Waals surface area contributed by atoms with Crippen molar-refractivity contribution in [1.82, 2.24) is 33.9 Å². The number of likely N-dealkylation sites (tertiary alicyclic amines) is 1. The van der Waals surface area contributed by atoms with Gasteiger partial charge in [-0.2, -0.15) is 35.8 Å². The number of nitrogens with zero attached hydrogens (tertiary/aromatic N) is 7. The number of fused-ring (bicyclic) bond motifs is 3. The van der Waals surface area contributed by atoms with Crippen LogP contribution in [0.1, 0.15) is 71.8 Å². The van der Waals surface area contributed by atoms with Crippen LogP contribution in [-0.2, 0) is 32.6 Å². The van der Waals surface area contributed by atoms with Crippen LogP contribution >= 0.6 is 11.6 Å². The zero-order valence-electron chi connectivity index (χ0n) is 30.4. The van der Waals surface area contributed by atoms with E-state index in [4.69, 9.17) is 16.3 Å². The second-order valence-corrected chi connectivity index (χ2v) is 15.1. The summed E-state index contributed by atoms with van der Waals surface area (Å²) in [5.74, 6) is -4.95. The highest BCUT2D eigenvalue weighted by molar-refractivity contribution is 6.33. The van der Waals surface area contributed by atoms with Crippen LogP contribution in [0.25, 0.3) is 11.4 Å². The van der Waals surface area contributed by atoms with E-state index in [0.29, 0.717) is 11.6 Å². The number of carbonyl (C=O) groups excluding carboxylic acids is 3. The monoisotopic (exact) mass is 834 g/mol. The Hall–Kier alpha value is -5.50. The predicted octanol–water partition coefficient (Wildman–Crippen LogP) is 5.34. The number of anilines is 1. The van der Waals surface area contributed by atoms with Crippen molar-refractivity contribution in [2.75, 3.05) is 31.5 Å². The standard InChI is InChI=1S/C37H33ClF6N8O6/c1-18-29-27(35(58-18)8-13-50(14-9-35)33(57)28-25(53)3-2-10-45-28)32(56)52-34(51(29)17-26(54)46-24-5-4-20(15-23(24)38)36(39,40)41)47-30(48-52)19-6-11-49(12-7-19)31(55)21-16-22(21)37(42,43)44/h2-6,10,15,18,21-22,53H,7-9,11-14,16-17H2,1H3,(H,46,54)/t18-,21+,22+/m1/s1. The van der Waals surface area contributed by atoms with Crippen LogP contribution in [0.3, 0.4) is 0 Å². The molecule has 1 saturated carbocycles. The van der Waals surface area contributed by atoms with E-state index in [1.165, 1.54) is 32.7 Å². The molecule has 2 N–H and O–H groups in total. The van der Waals surface area contributed by atoms with Gasteiger partial charge in [-0.15, -0.1) is 5.10 Å². The van der Waals surface area contributed by atoms with Crippen molar-refractivity contribution in [3.63, 3.8) is 0 Å². The van der Waals surface area contributed by atoms with Gasteiger partial charge in [-0.05, 0) is 68.5 Å². The topological polar surface area (TPSA) is 164 Å². The Kier molecular flexibility index (Phi) is 9.56. The first-order valence-corrected chi connectivity index (χ1v) is 18.6. The molecule has 1 spiro atoms. The van der Waals surface area contributed by atoms with Crippen molar-refractivity contribution in [3.8, 4) is 5.75 Å². The van der Waals surface area contributed by atoms with Crippen LogP contribution in [0.5, 0.6) is 5.75 Å². The molecule has 1 aliphatic carbocycles. The second kappa shape index (κ2) is 14.1. The molecule has 58 heavy (non-hydrogen) atoms. The molecule has 4 aliphatic rings. The average molecular weight is 835 g/mol. The van der Waals surface area contributed by atoms with E-state index in [2.05, 4.69) is 20.4 Å². The zero-order valence-corrected chi connectivity index (χ0v) is 31.2. The lowest BCUT2D eigenvalue weighted by molar-refractivity contribution is -0.157. The number of aromatic hydroxyl groups is 1. The molecule has 3 aliphatic heterocycles. The maximum Gasteiger partial charge on any atom is 0.416 e. The van der Waals surface area contributed by atoms with Gasteiger partial charge < -0.3 is 29.5 Å². The van der Waals surface area contributed by atoms with Crippen LogP contribution in [0.2, 0.25) is 5.02 Å². The summed E-state index contributed by atoms with van der Waals surface area (Å²) in [7, 11) is 0. The van der Waals surface area contributed by atoms with Gasteiger partial charge in [-0.3, -0.25) is 19.2 Å². The number of ether oxygens (including phenoxy) is 1. The minimum Gasteiger partial charge on any atom is -0.505 e. The van der Waals surface area contributed by atoms with E-state index in [1.54, 1.807) is 13.0 Å². The van der Waals surface area contributed by atoms with Crippen LogP contribution < -0.4 is 10.9 Å². The Morgan fingerprint density at radius 3 is 2.43 bits per heavy atom. The Labute approximate surface area is 329 Å². The number of amides is 3. The molecule has 3 amide bonds. The molecule has 1 saturated heterocycles. The smallest absolute Gasteiger partial charge is 0.416 e. The van der Waals surface area contributed by atoms with Gasteiger partial charge in [0.25, 0.3) is 11.5 Å². The summed E-state index contributed by atoms with van der Waals surface area (Å²) < 4.78 is 88.2. The number of carbonyl (C=O) groups is 3. The van der Waals surface area contributed by atoms with Crippen LogP contribution in [0, 0.1) is 11.8 Å². The molecule has 306 valence electrons. The van der Waals surface area contributed by atoms with Gasteiger partial charge in [0.2, 0.25) is 17.6 Å². The van der Waals surface area contributed by atoms with E-state index < -0.39 is 71.3 Å². The maximum atomic E-state index is 14.5. The fraction of sp³-hybridized carbons (Fsp3) is 0.432. The number of hydrogen-bond acceptors (Lipinski definition) is 9. The maximum absolute atomic E-state index is 14.5. The van der Waals surface area contributed by atoms with Gasteiger partial charge in [0, 0.05) is 32.4 Å². The molecular weight excluding hydrogens is 802 g/mol. The number of benzene rings is 1. The van der Waals surface area contributed by atoms with Gasteiger partial charge in [-0.25, -0.2) is 4.98 Å². The fourth-order valence-electron chi connectivity index (χ4n) is 8.08. The SMILES string of the molecule is C[C@H]1OC2(CCN(C(=O)c3ncccc3O)CC2)c2c1n(CC(=O)Nc1ccc(C(F)(F)F)cc1Cl)c1nc(C3=CCN(C(=O)[C@H]4C[C@@H]4C(F)(F)F)CC3)nn1c2=O. The van der Waals surface area contributed by atoms with Crippen LogP contribution in [-0.4, -0.2) is 89.1 Å². The van der Waals surface area contributed by atoms with Crippen molar-refractivity contribution < 1.29 is 50.6 Å². The van der Waals surface area contributed by atoms with Crippen molar-refractivity contribution in [2.45, 2.75) is 63.2 Å². The van der Waals surface area contributed by atoms with Gasteiger partial charge >= 0.3 is 12.4 Å². The van der Waals surface area contributed by atoms with E-state index in [1.807, 2.05) is 0 Å². The third kappa shape index (κ3) is 6.94. The molecule has 21 heteroatoms. The Balaban J connectivity index is 1.13. The summed E-state index contributed by atoms with van der Waals surface area (Å²) in [6, 6.07) is 5.27. The largest absolute Gasteiger partial charge is 0.505 e. The molecule has 3 atom stereocenters. The summed E-state index contributed by atoms with van der Waals surface area (Å²) in [4.78, 5) is 65.7. The molecule has 1 aromatic carbocycles. The Bertz CT molecular complexity index is 2460. The van der Waals surface area contributed by atoms with Gasteiger partial charge in [0.05, 0.1) is 45.5 Å². The third-order valence-corrected chi connectivity index (χ3v) is 11.4. The summed E-state index contributed by atoms with van der Waals surface area (Å²) in [6.45, 7) is 1.41. The molecule has 6 heterocycles. The quantitative estimate of drug-likeness (QED) is 0.244. The normalized spacial score (nSPS) is 21.6. The van der Waals surface area contributed by atoms with Crippen LogP contribution in [0.15, 0.2) is 47.4 Å². The molecule has 0 radical (unpaired) electrons. The van der Waals surface area contributed by atoms with E-state index in [0.717, 1.165) is 16.6 Å². The van der Waals surface area contributed by atoms with Crippen molar-refractivity contribution in [2.24, 2.45) is 11.8 Å². The highest BCUT2D eigenvalue weighted by atomic mass is 35.5. The van der Waals surface area contributed by atoms with Crippen molar-refractivity contribution in [3.05, 3.63) is 86.3 Å². The minimum atomic E-state index is -4.68. The minimum absolute atomic E-state index is 0.0126. The first-order chi connectivity index (χ1) is 27.4. The number of pyridine rings is 1. The molecular formula is C37H33ClF6N8O6. The lowest BCUT2D eigenvalue weighted by Crippen LogP contribution is -2.47. The van der Waals surface area contributed by atoms with Gasteiger partial charge in [-0.1, -0.05) is 17.7 Å². The highest BCUT2D eigenvalue weighted by Gasteiger charge is 2.59. The number of nitrogens with one attached hydrogen (secondary N) is 1. The summed E-state index contributed by atoms with van der Waals surface area (Å²) >= 11 is 6.13. The second-order valence-electron chi connectivity index (χ2n) is 14.7. The summed E-state index contributed by atoms with van der Waals surface area (Å²) in [5.41, 5.74) is -2.18. The first kappa shape index (κ1) is 39.3. The predicted molar refractivity (Wildman–Crippen MR) is 191 cm³/mol. The van der Waals surface area contributed by atoms with Crippen molar-refractivity contribution in [1.29, 1.82) is 0 Å². The van der Waals surface area contributed by atoms with E-state index in [9.17, 15) is 50.6 Å². The molecule has 14 nitrogen and oxygen atoms in total. The third-order valence-electron chi connectivity index (χ3n) is 11.1. The molecule has 2 fully saturated rings. The molecule has 4 aromatic rings. The molecule has 3 aromatic heterocycles. The molecule has 8 rings (SSSR count). The molecule has 0 unspecified atom stereocenters. The average Bonchev–Trinajstić information content (AvgIpc) is 3.79.